The summed E-state index contributed by atoms with van der Waals surface area (Å²) in [7, 11) is 1.69. The molecule has 1 aromatic heterocycles. The van der Waals surface area contributed by atoms with Crippen LogP contribution in [0.2, 0.25) is 0 Å². The van der Waals surface area contributed by atoms with Gasteiger partial charge in [-0.2, -0.15) is 10.2 Å². The molecular formula is C25H41N7O2. The van der Waals surface area contributed by atoms with Gasteiger partial charge in [0.2, 0.25) is 0 Å². The van der Waals surface area contributed by atoms with Crippen LogP contribution in [0.15, 0.2) is 16.4 Å². The van der Waals surface area contributed by atoms with Crippen LogP contribution in [0.4, 0.5) is 5.82 Å². The quantitative estimate of drug-likeness (QED) is 0.508. The van der Waals surface area contributed by atoms with Crippen molar-refractivity contribution < 1.29 is 9.53 Å². The lowest BCUT2D eigenvalue weighted by Gasteiger charge is -2.39. The molecule has 2 atom stereocenters. The highest BCUT2D eigenvalue weighted by molar-refractivity contribution is 6.00. The highest BCUT2D eigenvalue weighted by Crippen LogP contribution is 2.26. The van der Waals surface area contributed by atoms with Gasteiger partial charge in [0.25, 0.3) is 5.91 Å². The Morgan fingerprint density at radius 2 is 2.12 bits per heavy atom. The van der Waals surface area contributed by atoms with Crippen molar-refractivity contribution in [2.75, 3.05) is 45.2 Å². The van der Waals surface area contributed by atoms with Gasteiger partial charge in [-0.3, -0.25) is 4.79 Å². The number of aromatic nitrogens is 2. The maximum absolute atomic E-state index is 14.0. The van der Waals surface area contributed by atoms with E-state index in [0.717, 1.165) is 38.1 Å². The van der Waals surface area contributed by atoms with E-state index in [4.69, 9.17) is 9.72 Å². The van der Waals surface area contributed by atoms with E-state index in [1.54, 1.807) is 13.3 Å². The number of piperidine rings is 1. The zero-order chi connectivity index (χ0) is 24.7. The number of methoxy groups -OCH3 is 1. The van der Waals surface area contributed by atoms with Gasteiger partial charge in [-0.15, -0.1) is 0 Å². The van der Waals surface area contributed by atoms with Gasteiger partial charge in [0.15, 0.2) is 0 Å². The Kier molecular flexibility index (Phi) is 9.13. The number of anilines is 1. The van der Waals surface area contributed by atoms with Crippen molar-refractivity contribution in [2.45, 2.75) is 65.3 Å². The second-order valence-electron chi connectivity index (χ2n) is 10.7. The first-order valence-electron chi connectivity index (χ1n) is 12.4. The van der Waals surface area contributed by atoms with Gasteiger partial charge in [-0.05, 0) is 18.8 Å². The van der Waals surface area contributed by atoms with Crippen LogP contribution in [0.3, 0.4) is 0 Å². The fourth-order valence-electron chi connectivity index (χ4n) is 4.35. The number of hydrogen-bond acceptors (Lipinski definition) is 8. The maximum atomic E-state index is 14.0. The molecule has 9 heteroatoms. The summed E-state index contributed by atoms with van der Waals surface area (Å²) < 4.78 is 5.18. The molecule has 9 nitrogen and oxygen atoms in total. The molecule has 3 rings (SSSR count). The van der Waals surface area contributed by atoms with Crippen molar-refractivity contribution in [3.8, 4) is 0 Å². The van der Waals surface area contributed by atoms with Gasteiger partial charge >= 0.3 is 0 Å². The number of rotatable bonds is 10. The van der Waals surface area contributed by atoms with Crippen molar-refractivity contribution >= 4 is 23.7 Å². The summed E-state index contributed by atoms with van der Waals surface area (Å²) in [5.41, 5.74) is 1.41. The number of ether oxygens (including phenoxy) is 1. The second-order valence-corrected chi connectivity index (χ2v) is 10.7. The number of carbonyl (C=O) groups is 1. The highest BCUT2D eigenvalue weighted by Gasteiger charge is 2.34. The molecule has 0 spiro atoms. The topological polar surface area (TPSA) is 104 Å². The van der Waals surface area contributed by atoms with E-state index in [0.29, 0.717) is 42.8 Å². The van der Waals surface area contributed by atoms with Crippen molar-refractivity contribution in [3.63, 3.8) is 0 Å². The van der Waals surface area contributed by atoms with Crippen LogP contribution in [0, 0.1) is 11.8 Å². The Morgan fingerprint density at radius 1 is 1.32 bits per heavy atom. The Morgan fingerprint density at radius 3 is 2.76 bits per heavy atom. The van der Waals surface area contributed by atoms with Gasteiger partial charge < -0.3 is 20.3 Å². The van der Waals surface area contributed by atoms with Crippen molar-refractivity contribution in [1.82, 2.24) is 20.2 Å². The zero-order valence-corrected chi connectivity index (χ0v) is 21.6. The lowest BCUT2D eigenvalue weighted by Crippen LogP contribution is -2.53. The minimum absolute atomic E-state index is 0.0274. The molecule has 0 unspecified atom stereocenters. The molecule has 3 heterocycles. The summed E-state index contributed by atoms with van der Waals surface area (Å²) in [6.07, 6.45) is 6.06. The lowest BCUT2D eigenvalue weighted by atomic mass is 9.89. The molecule has 0 saturated carbocycles. The summed E-state index contributed by atoms with van der Waals surface area (Å²) in [5.74, 6) is 1.91. The average molecular weight is 472 g/mol. The molecule has 2 aliphatic rings. The highest BCUT2D eigenvalue weighted by atomic mass is 16.5. The molecule has 2 N–H and O–H groups in total. The average Bonchev–Trinajstić information content (AvgIpc) is 3.34. The fourth-order valence-corrected chi connectivity index (χ4v) is 4.35. The summed E-state index contributed by atoms with van der Waals surface area (Å²) in [5, 5.41) is 15.3. The summed E-state index contributed by atoms with van der Waals surface area (Å²) >= 11 is 0. The molecule has 0 radical (unpaired) electrons. The first-order chi connectivity index (χ1) is 16.2. The van der Waals surface area contributed by atoms with Crippen molar-refractivity contribution in [1.29, 1.82) is 0 Å². The molecule has 1 fully saturated rings. The number of amides is 1. The van der Waals surface area contributed by atoms with Gasteiger partial charge in [0, 0.05) is 76.1 Å². The molecule has 1 amide bonds. The third-order valence-corrected chi connectivity index (χ3v) is 6.14. The van der Waals surface area contributed by atoms with E-state index in [1.165, 1.54) is 0 Å². The number of hydrogen-bond donors (Lipinski definition) is 2. The number of nitrogens with zero attached hydrogens (tertiary/aromatic N) is 5. The van der Waals surface area contributed by atoms with Crippen LogP contribution < -0.4 is 10.6 Å². The maximum Gasteiger partial charge on any atom is 0.259 e. The molecular weight excluding hydrogens is 430 g/mol. The summed E-state index contributed by atoms with van der Waals surface area (Å²) in [6, 6.07) is 0.0700. The lowest BCUT2D eigenvalue weighted by molar-refractivity contribution is 0.0606. The van der Waals surface area contributed by atoms with Gasteiger partial charge in [0.1, 0.15) is 17.2 Å². The van der Waals surface area contributed by atoms with Gasteiger partial charge in [0.05, 0.1) is 5.71 Å². The molecule has 0 bridgehead atoms. The Hall–Kier alpha value is -2.39. The van der Waals surface area contributed by atoms with Crippen LogP contribution in [0.25, 0.3) is 0 Å². The van der Waals surface area contributed by atoms with Crippen LogP contribution in [-0.4, -0.2) is 78.6 Å². The predicted molar refractivity (Wildman–Crippen MR) is 137 cm³/mol. The van der Waals surface area contributed by atoms with Crippen LogP contribution in [-0.2, 0) is 10.2 Å². The standard InChI is InChI=1S/C25H41N7O2/c1-17(2)16-32(19-12-18(13-26-14-19)21-8-10-29-31-21)23(33)20-15-28-24(25(3,4)5)30-22(20)27-9-7-11-34-6/h10,15,17-19,26H,7-9,11-14,16H2,1-6H3,(H,27,28,30)/t18-,19+/m1/s1. The zero-order valence-electron chi connectivity index (χ0n) is 21.6. The predicted octanol–water partition coefficient (Wildman–Crippen LogP) is 3.13. The first-order valence-corrected chi connectivity index (χ1v) is 12.4. The Labute approximate surface area is 203 Å². The largest absolute Gasteiger partial charge is 0.385 e. The molecule has 188 valence electrons. The molecule has 1 saturated heterocycles. The minimum Gasteiger partial charge on any atom is -0.385 e. The smallest absolute Gasteiger partial charge is 0.259 e. The fraction of sp³-hybridized carbons (Fsp3) is 0.720. The molecule has 0 aromatic carbocycles. The Bertz CT molecular complexity index is 892. The van der Waals surface area contributed by atoms with E-state index in [9.17, 15) is 4.79 Å². The van der Waals surface area contributed by atoms with Crippen LogP contribution in [0.1, 0.15) is 70.1 Å². The third kappa shape index (κ3) is 6.82. The van der Waals surface area contributed by atoms with Crippen molar-refractivity contribution in [3.05, 3.63) is 17.6 Å². The monoisotopic (exact) mass is 471 g/mol. The van der Waals surface area contributed by atoms with Crippen LogP contribution >= 0.6 is 0 Å². The van der Waals surface area contributed by atoms with Crippen LogP contribution in [0.5, 0.6) is 0 Å². The summed E-state index contributed by atoms with van der Waals surface area (Å²) in [6.45, 7) is 14.1. The molecule has 34 heavy (non-hydrogen) atoms. The van der Waals surface area contributed by atoms with E-state index >= 15 is 0 Å². The van der Waals surface area contributed by atoms with Gasteiger partial charge in [-0.1, -0.05) is 34.6 Å². The van der Waals surface area contributed by atoms with E-state index in [2.05, 4.69) is 60.4 Å². The van der Waals surface area contributed by atoms with E-state index in [1.807, 2.05) is 11.1 Å². The normalized spacial score (nSPS) is 20.5. The number of nitrogens with one attached hydrogen (secondary N) is 2. The summed E-state index contributed by atoms with van der Waals surface area (Å²) in [4.78, 5) is 25.4. The van der Waals surface area contributed by atoms with Gasteiger partial charge in [-0.25, -0.2) is 9.97 Å². The molecule has 1 aromatic rings. The van der Waals surface area contributed by atoms with E-state index in [-0.39, 0.29) is 23.3 Å². The van der Waals surface area contributed by atoms with Crippen molar-refractivity contribution in [2.24, 2.45) is 22.0 Å². The van der Waals surface area contributed by atoms with E-state index < -0.39 is 0 Å². The Balaban J connectivity index is 1.87. The SMILES string of the molecule is COCCCNc1nc(C(C)(C)C)ncc1C(=O)N(CC(C)C)[C@@H]1CNC[C@H](C2=NN=CC2)C1. The third-order valence-electron chi connectivity index (χ3n) is 6.14. The molecule has 2 aliphatic heterocycles. The second kappa shape index (κ2) is 11.8. The minimum atomic E-state index is -0.216. The number of carbonyl (C=O) groups excluding carboxylic acids is 1. The molecule has 0 aliphatic carbocycles. The first kappa shape index (κ1) is 26.2.